The monoisotopic (exact) mass is 592 g/mol. The normalized spacial score (nSPS) is 19.5. The smallest absolute Gasteiger partial charge is 0.305 e. The highest BCUT2D eigenvalue weighted by Gasteiger charge is 2.39. The van der Waals surface area contributed by atoms with E-state index in [4.69, 9.17) is 14.2 Å². The number of Topliss-reactive ketones (excluding diaryl/α,β-unsaturated/α-hetero) is 1. The molecule has 0 aliphatic heterocycles. The zero-order valence-electron chi connectivity index (χ0n) is 24.6. The highest BCUT2D eigenvalue weighted by Crippen LogP contribution is 2.34. The first-order valence-corrected chi connectivity index (χ1v) is 16.0. The average molecular weight is 593 g/mol. The van der Waals surface area contributed by atoms with Gasteiger partial charge in [0.05, 0.1) is 18.8 Å². The fraction of sp³-hybridized carbons (Fsp3) is 0.656. The van der Waals surface area contributed by atoms with Gasteiger partial charge in [-0.05, 0) is 41.9 Å². The van der Waals surface area contributed by atoms with Crippen LogP contribution in [0.3, 0.4) is 0 Å². The van der Waals surface area contributed by atoms with E-state index in [1.165, 1.54) is 0 Å². The molecule has 1 fully saturated rings. The number of unbranched alkanes of at least 4 members (excludes halogenated alkanes) is 3. The number of aliphatic hydroxyl groups is 2. The summed E-state index contributed by atoms with van der Waals surface area (Å²) in [7, 11) is 1.64. The SMILES string of the molecule is CCCCCCC(=O)OCCOC(=O)CCCSCC[C@H]1C(=O)C[C@@H](O)[C@H]1/C=C/[C@@H](O)Cc1cccc(COC)c1. The van der Waals surface area contributed by atoms with Gasteiger partial charge in [-0.3, -0.25) is 14.4 Å². The molecule has 0 aromatic heterocycles. The molecular formula is C32H48O8S. The Morgan fingerprint density at radius 1 is 1.05 bits per heavy atom. The highest BCUT2D eigenvalue weighted by molar-refractivity contribution is 7.99. The number of methoxy groups -OCH3 is 1. The number of ether oxygens (including phenoxy) is 3. The summed E-state index contributed by atoms with van der Waals surface area (Å²) in [4.78, 5) is 36.0. The summed E-state index contributed by atoms with van der Waals surface area (Å²) >= 11 is 1.67. The predicted octanol–water partition coefficient (Wildman–Crippen LogP) is 4.82. The quantitative estimate of drug-likeness (QED) is 0.118. The molecule has 41 heavy (non-hydrogen) atoms. The lowest BCUT2D eigenvalue weighted by Crippen LogP contribution is -2.20. The predicted molar refractivity (Wildman–Crippen MR) is 160 cm³/mol. The van der Waals surface area contributed by atoms with Crippen molar-refractivity contribution in [2.45, 2.75) is 89.9 Å². The summed E-state index contributed by atoms with van der Waals surface area (Å²) in [5.41, 5.74) is 2.03. The zero-order valence-corrected chi connectivity index (χ0v) is 25.4. The van der Waals surface area contributed by atoms with E-state index in [0.29, 0.717) is 32.3 Å². The summed E-state index contributed by atoms with van der Waals surface area (Å²) < 4.78 is 15.4. The Bertz CT molecular complexity index is 949. The molecule has 0 saturated heterocycles. The molecule has 1 saturated carbocycles. The maximum absolute atomic E-state index is 12.5. The summed E-state index contributed by atoms with van der Waals surface area (Å²) in [6.07, 6.45) is 8.68. The topological polar surface area (TPSA) is 119 Å². The van der Waals surface area contributed by atoms with Crippen LogP contribution < -0.4 is 0 Å². The van der Waals surface area contributed by atoms with E-state index in [-0.39, 0.29) is 55.6 Å². The van der Waals surface area contributed by atoms with E-state index in [2.05, 4.69) is 6.92 Å². The fourth-order valence-electron chi connectivity index (χ4n) is 4.95. The molecule has 1 aliphatic rings. The molecule has 1 aromatic carbocycles. The first kappa shape index (κ1) is 35.0. The van der Waals surface area contributed by atoms with Crippen LogP contribution >= 0.6 is 11.8 Å². The van der Waals surface area contributed by atoms with E-state index in [0.717, 1.165) is 48.3 Å². The Morgan fingerprint density at radius 2 is 1.76 bits per heavy atom. The van der Waals surface area contributed by atoms with E-state index < -0.39 is 12.2 Å². The van der Waals surface area contributed by atoms with Gasteiger partial charge in [-0.2, -0.15) is 11.8 Å². The lowest BCUT2D eigenvalue weighted by molar-refractivity contribution is -0.152. The van der Waals surface area contributed by atoms with Crippen molar-refractivity contribution in [1.82, 2.24) is 0 Å². The van der Waals surface area contributed by atoms with E-state index in [1.54, 1.807) is 31.0 Å². The number of hydrogen-bond donors (Lipinski definition) is 2. The van der Waals surface area contributed by atoms with Crippen LogP contribution in [0.5, 0.6) is 0 Å². The minimum absolute atomic E-state index is 0.0553. The van der Waals surface area contributed by atoms with Gasteiger partial charge in [-0.25, -0.2) is 0 Å². The number of thioether (sulfide) groups is 1. The first-order valence-electron chi connectivity index (χ1n) is 14.9. The Morgan fingerprint density at radius 3 is 2.46 bits per heavy atom. The first-order chi connectivity index (χ1) is 19.8. The Labute approximate surface area is 249 Å². The molecule has 0 spiro atoms. The lowest BCUT2D eigenvalue weighted by atomic mass is 9.91. The molecule has 0 amide bonds. The molecule has 0 heterocycles. The van der Waals surface area contributed by atoms with Crippen molar-refractivity contribution < 1.29 is 38.8 Å². The van der Waals surface area contributed by atoms with Gasteiger partial charge in [0, 0.05) is 44.6 Å². The number of ketones is 1. The zero-order chi connectivity index (χ0) is 29.9. The Balaban J connectivity index is 1.61. The van der Waals surface area contributed by atoms with Gasteiger partial charge in [0.15, 0.2) is 0 Å². The van der Waals surface area contributed by atoms with Gasteiger partial charge >= 0.3 is 11.9 Å². The molecule has 9 heteroatoms. The number of esters is 2. The molecule has 8 nitrogen and oxygen atoms in total. The van der Waals surface area contributed by atoms with Gasteiger partial charge < -0.3 is 24.4 Å². The fourth-order valence-corrected chi connectivity index (χ4v) is 5.93. The van der Waals surface area contributed by atoms with E-state index in [1.807, 2.05) is 24.3 Å². The van der Waals surface area contributed by atoms with Gasteiger partial charge in [-0.1, -0.05) is 62.6 Å². The largest absolute Gasteiger partial charge is 0.462 e. The van der Waals surface area contributed by atoms with Crippen LogP contribution in [-0.4, -0.2) is 72.0 Å². The molecule has 0 unspecified atom stereocenters. The molecule has 0 bridgehead atoms. The third-order valence-electron chi connectivity index (χ3n) is 7.12. The Hall–Kier alpha value is -2.20. The average Bonchev–Trinajstić information content (AvgIpc) is 3.21. The minimum atomic E-state index is -0.735. The van der Waals surface area contributed by atoms with Gasteiger partial charge in [0.2, 0.25) is 0 Å². The summed E-state index contributed by atoms with van der Waals surface area (Å²) in [5, 5.41) is 21.0. The van der Waals surface area contributed by atoms with Crippen LogP contribution in [0.4, 0.5) is 0 Å². The number of aliphatic hydroxyl groups excluding tert-OH is 2. The lowest BCUT2D eigenvalue weighted by Gasteiger charge is -2.18. The highest BCUT2D eigenvalue weighted by atomic mass is 32.2. The molecule has 4 atom stereocenters. The van der Waals surface area contributed by atoms with Crippen molar-refractivity contribution >= 4 is 29.5 Å². The van der Waals surface area contributed by atoms with Crippen LogP contribution in [-0.2, 0) is 41.6 Å². The van der Waals surface area contributed by atoms with E-state index >= 15 is 0 Å². The van der Waals surface area contributed by atoms with E-state index in [9.17, 15) is 24.6 Å². The number of hydrogen-bond acceptors (Lipinski definition) is 9. The second-order valence-electron chi connectivity index (χ2n) is 10.6. The number of rotatable bonds is 21. The maximum atomic E-state index is 12.5. The summed E-state index contributed by atoms with van der Waals surface area (Å²) in [5.74, 6) is 0.411. The number of carbonyl (C=O) groups is 3. The van der Waals surface area contributed by atoms with Gasteiger partial charge in [0.1, 0.15) is 19.0 Å². The van der Waals surface area contributed by atoms with Crippen LogP contribution in [0.25, 0.3) is 0 Å². The molecule has 0 radical (unpaired) electrons. The third kappa shape index (κ3) is 14.5. The molecule has 2 N–H and O–H groups in total. The van der Waals surface area contributed by atoms with Crippen molar-refractivity contribution in [2.24, 2.45) is 11.8 Å². The van der Waals surface area contributed by atoms with Crippen molar-refractivity contribution in [1.29, 1.82) is 0 Å². The van der Waals surface area contributed by atoms with Crippen molar-refractivity contribution in [3.05, 3.63) is 47.5 Å². The second-order valence-corrected chi connectivity index (χ2v) is 11.8. The number of benzene rings is 1. The molecule has 230 valence electrons. The maximum Gasteiger partial charge on any atom is 0.305 e. The Kier molecular flexibility index (Phi) is 17.6. The molecule has 1 aromatic rings. The van der Waals surface area contributed by atoms with Crippen LogP contribution in [0.15, 0.2) is 36.4 Å². The van der Waals surface area contributed by atoms with Gasteiger partial charge in [0.25, 0.3) is 0 Å². The third-order valence-corrected chi connectivity index (χ3v) is 8.22. The summed E-state index contributed by atoms with van der Waals surface area (Å²) in [6.45, 7) is 2.79. The standard InChI is InChI=1S/C32H48O8S/c1-3-4-5-6-11-31(36)39-16-17-40-32(37)12-8-18-41-19-15-28-27(29(34)22-30(28)35)14-13-26(33)21-24-9-7-10-25(20-24)23-38-2/h7,9-10,13-14,20,26-29,33-34H,3-6,8,11-12,15-19,21-23H2,1-2H3/b14-13+/t26-,27+,28-,29-/m1/s1. The van der Waals surface area contributed by atoms with Crippen LogP contribution in [0.1, 0.15) is 75.8 Å². The molecule has 1 aliphatic carbocycles. The number of carbonyl (C=O) groups excluding carboxylic acids is 3. The minimum Gasteiger partial charge on any atom is -0.462 e. The molecule has 2 rings (SSSR count). The van der Waals surface area contributed by atoms with Crippen LogP contribution in [0.2, 0.25) is 0 Å². The molecular weight excluding hydrogens is 544 g/mol. The van der Waals surface area contributed by atoms with Crippen molar-refractivity contribution in [3.63, 3.8) is 0 Å². The van der Waals surface area contributed by atoms with Crippen LogP contribution in [0, 0.1) is 11.8 Å². The second kappa shape index (κ2) is 20.6. The van der Waals surface area contributed by atoms with Crippen molar-refractivity contribution in [2.75, 3.05) is 31.8 Å². The van der Waals surface area contributed by atoms with Crippen molar-refractivity contribution in [3.8, 4) is 0 Å². The summed E-state index contributed by atoms with van der Waals surface area (Å²) in [6, 6.07) is 7.87. The van der Waals surface area contributed by atoms with Gasteiger partial charge in [-0.15, -0.1) is 0 Å².